The first-order chi connectivity index (χ1) is 17.9. The smallest absolute Gasteiger partial charge is 0.262 e. The number of ether oxygens (including phenoxy) is 3. The topological polar surface area (TPSA) is 106 Å². The summed E-state index contributed by atoms with van der Waals surface area (Å²) in [5.41, 5.74) is 3.33. The van der Waals surface area contributed by atoms with Crippen molar-refractivity contribution in [3.05, 3.63) is 77.9 Å². The van der Waals surface area contributed by atoms with E-state index in [1.165, 1.54) is 0 Å². The molecule has 1 fully saturated rings. The maximum atomic E-state index is 12.7. The maximum Gasteiger partial charge on any atom is 0.262 e. The minimum Gasteiger partial charge on any atom is -0.484 e. The van der Waals surface area contributed by atoms with Crippen molar-refractivity contribution >= 4 is 29.1 Å². The van der Waals surface area contributed by atoms with E-state index in [0.717, 1.165) is 11.1 Å². The van der Waals surface area contributed by atoms with Crippen LogP contribution in [0.15, 0.2) is 66.7 Å². The quantitative estimate of drug-likeness (QED) is 0.490. The lowest BCUT2D eigenvalue weighted by atomic mass is 10.1. The Hall–Kier alpha value is -4.53. The summed E-state index contributed by atoms with van der Waals surface area (Å²) in [7, 11) is 0. The van der Waals surface area contributed by atoms with Crippen LogP contribution in [0, 0.1) is 12.8 Å². The van der Waals surface area contributed by atoms with Crippen molar-refractivity contribution in [3.8, 4) is 17.2 Å². The summed E-state index contributed by atoms with van der Waals surface area (Å²) in [6.07, 6.45) is 0.143. The van der Waals surface area contributed by atoms with Crippen molar-refractivity contribution in [2.24, 2.45) is 5.92 Å². The number of hydrogen-bond donors (Lipinski definition) is 2. The normalized spacial score (nSPS) is 16.0. The van der Waals surface area contributed by atoms with Gasteiger partial charge in [0.15, 0.2) is 18.1 Å². The van der Waals surface area contributed by atoms with E-state index in [9.17, 15) is 14.4 Å². The van der Waals surface area contributed by atoms with E-state index in [0.29, 0.717) is 41.7 Å². The SMILES string of the molecule is Cc1cccc(NC(=O)COc2ccc(N3C[C@H](C(=O)NCc4ccc5c(c4)OCO5)CC3=O)cc2)c1. The van der Waals surface area contributed by atoms with Crippen molar-refractivity contribution in [2.75, 3.05) is 30.2 Å². The maximum absolute atomic E-state index is 12.7. The molecule has 0 bridgehead atoms. The number of nitrogens with zero attached hydrogens (tertiary/aromatic N) is 1. The van der Waals surface area contributed by atoms with Gasteiger partial charge in [-0.25, -0.2) is 0 Å². The highest BCUT2D eigenvalue weighted by Gasteiger charge is 2.35. The van der Waals surface area contributed by atoms with Crippen LogP contribution in [0.1, 0.15) is 17.5 Å². The Balaban J connectivity index is 1.10. The average Bonchev–Trinajstić information content (AvgIpc) is 3.52. The Kier molecular flexibility index (Phi) is 6.93. The first-order valence-corrected chi connectivity index (χ1v) is 12.0. The molecule has 3 amide bonds. The van der Waals surface area contributed by atoms with Crippen molar-refractivity contribution in [1.82, 2.24) is 5.32 Å². The molecule has 0 saturated carbocycles. The number of fused-ring (bicyclic) bond motifs is 1. The third-order valence-electron chi connectivity index (χ3n) is 6.22. The van der Waals surface area contributed by atoms with E-state index in [1.807, 2.05) is 49.4 Å². The monoisotopic (exact) mass is 501 g/mol. The molecule has 0 aliphatic carbocycles. The van der Waals surface area contributed by atoms with Crippen LogP contribution >= 0.6 is 0 Å². The second kappa shape index (κ2) is 10.6. The van der Waals surface area contributed by atoms with Crippen LogP contribution in [0.25, 0.3) is 0 Å². The third kappa shape index (κ3) is 5.83. The predicted octanol–water partition coefficient (Wildman–Crippen LogP) is 3.41. The number of carbonyl (C=O) groups excluding carboxylic acids is 3. The molecular formula is C28H27N3O6. The van der Waals surface area contributed by atoms with Gasteiger partial charge in [0.1, 0.15) is 5.75 Å². The van der Waals surface area contributed by atoms with Gasteiger partial charge < -0.3 is 29.7 Å². The van der Waals surface area contributed by atoms with Gasteiger partial charge in [0.25, 0.3) is 5.91 Å². The minimum atomic E-state index is -0.442. The summed E-state index contributed by atoms with van der Waals surface area (Å²) >= 11 is 0. The standard InChI is InChI=1S/C28H27N3O6/c1-18-3-2-4-21(11-18)30-26(32)16-35-23-8-6-22(7-9-23)31-15-20(13-27(31)33)28(34)29-14-19-5-10-24-25(12-19)37-17-36-24/h2-12,20H,13-17H2,1H3,(H,29,34)(H,30,32)/t20-/m1/s1. The Bertz CT molecular complexity index is 1320. The lowest BCUT2D eigenvalue weighted by Gasteiger charge is -2.17. The number of aryl methyl sites for hydroxylation is 1. The lowest BCUT2D eigenvalue weighted by Crippen LogP contribution is -2.32. The zero-order valence-electron chi connectivity index (χ0n) is 20.4. The number of anilines is 2. The molecule has 0 unspecified atom stereocenters. The van der Waals surface area contributed by atoms with Crippen molar-refractivity contribution in [1.29, 1.82) is 0 Å². The molecule has 1 atom stereocenters. The summed E-state index contributed by atoms with van der Waals surface area (Å²) < 4.78 is 16.3. The van der Waals surface area contributed by atoms with Gasteiger partial charge in [-0.05, 0) is 66.6 Å². The van der Waals surface area contributed by atoms with E-state index in [-0.39, 0.29) is 37.5 Å². The van der Waals surface area contributed by atoms with Crippen LogP contribution in [0.2, 0.25) is 0 Å². The molecule has 0 radical (unpaired) electrons. The number of carbonyl (C=O) groups is 3. The Morgan fingerprint density at radius 2 is 1.84 bits per heavy atom. The fourth-order valence-electron chi connectivity index (χ4n) is 4.31. The fraction of sp³-hybridized carbons (Fsp3) is 0.250. The number of rotatable bonds is 8. The Morgan fingerprint density at radius 3 is 2.65 bits per heavy atom. The summed E-state index contributed by atoms with van der Waals surface area (Å²) in [5, 5.41) is 5.70. The van der Waals surface area contributed by atoms with Gasteiger partial charge in [0, 0.05) is 30.9 Å². The second-order valence-corrected chi connectivity index (χ2v) is 9.01. The molecule has 1 saturated heterocycles. The van der Waals surface area contributed by atoms with Gasteiger partial charge in [-0.1, -0.05) is 18.2 Å². The van der Waals surface area contributed by atoms with Crippen molar-refractivity contribution in [3.63, 3.8) is 0 Å². The summed E-state index contributed by atoms with van der Waals surface area (Å²) in [6, 6.07) is 20.0. The molecule has 2 heterocycles. The zero-order valence-corrected chi connectivity index (χ0v) is 20.4. The predicted molar refractivity (Wildman–Crippen MR) is 137 cm³/mol. The van der Waals surface area contributed by atoms with E-state index >= 15 is 0 Å². The summed E-state index contributed by atoms with van der Waals surface area (Å²) in [5.74, 6) is 0.861. The molecule has 0 spiro atoms. The third-order valence-corrected chi connectivity index (χ3v) is 6.22. The first kappa shape index (κ1) is 24.2. The molecule has 5 rings (SSSR count). The molecule has 9 heteroatoms. The van der Waals surface area contributed by atoms with Crippen molar-refractivity contribution < 1.29 is 28.6 Å². The largest absolute Gasteiger partial charge is 0.484 e. The van der Waals surface area contributed by atoms with E-state index in [2.05, 4.69) is 10.6 Å². The molecule has 9 nitrogen and oxygen atoms in total. The van der Waals surface area contributed by atoms with E-state index < -0.39 is 5.92 Å². The lowest BCUT2D eigenvalue weighted by molar-refractivity contribution is -0.126. The van der Waals surface area contributed by atoms with Crippen molar-refractivity contribution in [2.45, 2.75) is 19.9 Å². The molecule has 2 N–H and O–H groups in total. The highest BCUT2D eigenvalue weighted by atomic mass is 16.7. The molecule has 3 aromatic rings. The number of amides is 3. The highest BCUT2D eigenvalue weighted by molar-refractivity contribution is 6.00. The van der Waals surface area contributed by atoms with Crippen LogP contribution in [0.4, 0.5) is 11.4 Å². The number of hydrogen-bond acceptors (Lipinski definition) is 6. The van der Waals surface area contributed by atoms with Crippen LogP contribution in [-0.4, -0.2) is 37.7 Å². The molecular weight excluding hydrogens is 474 g/mol. The summed E-state index contributed by atoms with van der Waals surface area (Å²) in [4.78, 5) is 39.1. The van der Waals surface area contributed by atoms with E-state index in [1.54, 1.807) is 29.2 Å². The Labute approximate surface area is 214 Å². The van der Waals surface area contributed by atoms with Crippen LogP contribution in [-0.2, 0) is 20.9 Å². The van der Waals surface area contributed by atoms with Gasteiger partial charge in [-0.3, -0.25) is 14.4 Å². The molecule has 2 aliphatic heterocycles. The molecule has 3 aromatic carbocycles. The fourth-order valence-corrected chi connectivity index (χ4v) is 4.31. The molecule has 37 heavy (non-hydrogen) atoms. The van der Waals surface area contributed by atoms with Gasteiger partial charge in [0.2, 0.25) is 18.6 Å². The minimum absolute atomic E-state index is 0.116. The second-order valence-electron chi connectivity index (χ2n) is 9.01. The van der Waals surface area contributed by atoms with Gasteiger partial charge in [-0.15, -0.1) is 0 Å². The summed E-state index contributed by atoms with van der Waals surface area (Å²) in [6.45, 7) is 2.65. The zero-order chi connectivity index (χ0) is 25.8. The first-order valence-electron chi connectivity index (χ1n) is 12.0. The van der Waals surface area contributed by atoms with Gasteiger partial charge in [0.05, 0.1) is 5.92 Å². The Morgan fingerprint density at radius 1 is 1.03 bits per heavy atom. The average molecular weight is 502 g/mol. The number of nitrogens with one attached hydrogen (secondary N) is 2. The molecule has 0 aromatic heterocycles. The van der Waals surface area contributed by atoms with Crippen LogP contribution in [0.5, 0.6) is 17.2 Å². The molecule has 190 valence electrons. The highest BCUT2D eigenvalue weighted by Crippen LogP contribution is 2.32. The van der Waals surface area contributed by atoms with Crippen LogP contribution < -0.4 is 29.7 Å². The number of benzene rings is 3. The van der Waals surface area contributed by atoms with E-state index in [4.69, 9.17) is 14.2 Å². The van der Waals surface area contributed by atoms with Gasteiger partial charge >= 0.3 is 0 Å². The van der Waals surface area contributed by atoms with Crippen LogP contribution in [0.3, 0.4) is 0 Å². The molecule has 2 aliphatic rings. The van der Waals surface area contributed by atoms with Gasteiger partial charge in [-0.2, -0.15) is 0 Å².